The summed E-state index contributed by atoms with van der Waals surface area (Å²) in [4.78, 5) is 30.7. The number of carboxylic acids is 1. The average molecular weight is 368 g/mol. The third-order valence-corrected chi connectivity index (χ3v) is 5.62. The fourth-order valence-electron chi connectivity index (χ4n) is 4.18. The number of halogens is 1. The Bertz CT molecular complexity index is 899. The van der Waals surface area contributed by atoms with Crippen molar-refractivity contribution in [3.8, 4) is 0 Å². The van der Waals surface area contributed by atoms with Crippen LogP contribution in [0.2, 0.25) is 0 Å². The van der Waals surface area contributed by atoms with Crippen molar-refractivity contribution in [3.05, 3.63) is 64.7 Å². The molecule has 0 unspecified atom stereocenters. The molecule has 0 radical (unpaired) electrons. The molecular weight excluding hydrogens is 347 g/mol. The minimum atomic E-state index is -0.969. The zero-order chi connectivity index (χ0) is 19.0. The van der Waals surface area contributed by atoms with E-state index in [9.17, 15) is 19.1 Å². The van der Waals surface area contributed by atoms with Gasteiger partial charge in [0.2, 0.25) is 0 Å². The molecule has 1 aromatic heterocycles. The minimum Gasteiger partial charge on any atom is -0.481 e. The minimum absolute atomic E-state index is 0.117. The number of benzene rings is 1. The van der Waals surface area contributed by atoms with E-state index >= 15 is 0 Å². The smallest absolute Gasteiger partial charge is 0.308 e. The molecule has 0 spiro atoms. The molecule has 0 bridgehead atoms. The van der Waals surface area contributed by atoms with Crippen LogP contribution >= 0.6 is 0 Å². The standard InChI is InChI=1S/C21H21FN2O3/c22-16-6-3-5-13(9-16)17-11-24(12-18(17)21(26)27)20(25)15-8-14-4-1-2-7-19(14)23-10-15/h3,5-6,8-10,17-18H,1-2,4,7,11-12H2,(H,26,27)/t17-,18+/m0/s1. The van der Waals surface area contributed by atoms with Gasteiger partial charge in [-0.3, -0.25) is 14.6 Å². The van der Waals surface area contributed by atoms with E-state index in [2.05, 4.69) is 4.98 Å². The zero-order valence-electron chi connectivity index (χ0n) is 14.9. The third kappa shape index (κ3) is 3.44. The van der Waals surface area contributed by atoms with Gasteiger partial charge in [0, 0.05) is 30.9 Å². The Morgan fingerprint density at radius 3 is 2.74 bits per heavy atom. The number of nitrogens with zero attached hydrogens (tertiary/aromatic N) is 2. The average Bonchev–Trinajstić information content (AvgIpc) is 3.13. The summed E-state index contributed by atoms with van der Waals surface area (Å²) in [5, 5.41) is 9.60. The van der Waals surface area contributed by atoms with Gasteiger partial charge in [0.05, 0.1) is 11.5 Å². The maximum Gasteiger partial charge on any atom is 0.308 e. The number of likely N-dealkylation sites (tertiary alicyclic amines) is 1. The maximum atomic E-state index is 13.6. The first-order valence-electron chi connectivity index (χ1n) is 9.28. The van der Waals surface area contributed by atoms with Gasteiger partial charge in [0.15, 0.2) is 0 Å². The van der Waals surface area contributed by atoms with Crippen molar-refractivity contribution in [1.82, 2.24) is 9.88 Å². The third-order valence-electron chi connectivity index (χ3n) is 5.62. The number of aliphatic carboxylic acids is 1. The number of hydrogen-bond donors (Lipinski definition) is 1. The number of carbonyl (C=O) groups is 2. The molecule has 0 saturated carbocycles. The number of aryl methyl sites for hydroxylation is 2. The first-order chi connectivity index (χ1) is 13.0. The van der Waals surface area contributed by atoms with E-state index in [4.69, 9.17) is 0 Å². The Morgan fingerprint density at radius 1 is 1.15 bits per heavy atom. The second-order valence-corrected chi connectivity index (χ2v) is 7.35. The predicted molar refractivity (Wildman–Crippen MR) is 97.0 cm³/mol. The number of fused-ring (bicyclic) bond motifs is 1. The number of carboxylic acid groups (broad SMARTS) is 1. The summed E-state index contributed by atoms with van der Waals surface area (Å²) < 4.78 is 13.6. The first-order valence-corrected chi connectivity index (χ1v) is 9.28. The zero-order valence-corrected chi connectivity index (χ0v) is 14.9. The molecule has 1 fully saturated rings. The SMILES string of the molecule is O=C(O)[C@@H]1CN(C(=O)c2cnc3c(c2)CCCC3)C[C@H]1c1cccc(F)c1. The van der Waals surface area contributed by atoms with Gasteiger partial charge < -0.3 is 10.0 Å². The van der Waals surface area contributed by atoms with Gasteiger partial charge in [0.1, 0.15) is 5.82 Å². The highest BCUT2D eigenvalue weighted by Crippen LogP contribution is 2.34. The van der Waals surface area contributed by atoms with Crippen molar-refractivity contribution >= 4 is 11.9 Å². The second-order valence-electron chi connectivity index (χ2n) is 7.35. The Morgan fingerprint density at radius 2 is 1.96 bits per heavy atom. The Labute approximate surface area is 156 Å². The highest BCUT2D eigenvalue weighted by molar-refractivity contribution is 5.95. The molecule has 1 aliphatic carbocycles. The number of amides is 1. The van der Waals surface area contributed by atoms with Crippen molar-refractivity contribution in [2.45, 2.75) is 31.6 Å². The summed E-state index contributed by atoms with van der Waals surface area (Å²) in [5.74, 6) is -2.75. The van der Waals surface area contributed by atoms with E-state index in [0.29, 0.717) is 11.1 Å². The van der Waals surface area contributed by atoms with Gasteiger partial charge in [-0.1, -0.05) is 12.1 Å². The van der Waals surface area contributed by atoms with Crippen molar-refractivity contribution in [2.24, 2.45) is 5.92 Å². The van der Waals surface area contributed by atoms with Crippen molar-refractivity contribution in [3.63, 3.8) is 0 Å². The quantitative estimate of drug-likeness (QED) is 0.904. The van der Waals surface area contributed by atoms with E-state index < -0.39 is 23.6 Å². The van der Waals surface area contributed by atoms with Gasteiger partial charge in [-0.05, 0) is 55.0 Å². The van der Waals surface area contributed by atoms with Crippen LogP contribution in [0.15, 0.2) is 36.5 Å². The van der Waals surface area contributed by atoms with Crippen LogP contribution < -0.4 is 0 Å². The summed E-state index contributed by atoms with van der Waals surface area (Å²) >= 11 is 0. The molecule has 140 valence electrons. The molecule has 1 aromatic carbocycles. The predicted octanol–water partition coefficient (Wildman–Crippen LogP) is 3.04. The van der Waals surface area contributed by atoms with Gasteiger partial charge in [-0.2, -0.15) is 0 Å². The Balaban J connectivity index is 1.59. The molecule has 6 heteroatoms. The lowest BCUT2D eigenvalue weighted by Crippen LogP contribution is -2.30. The molecule has 1 N–H and O–H groups in total. The van der Waals surface area contributed by atoms with E-state index in [0.717, 1.165) is 36.9 Å². The summed E-state index contributed by atoms with van der Waals surface area (Å²) in [5.41, 5.74) is 3.28. The molecule has 2 aliphatic rings. The molecule has 4 rings (SSSR count). The van der Waals surface area contributed by atoms with Crippen LogP contribution in [0.1, 0.15) is 45.9 Å². The summed E-state index contributed by atoms with van der Waals surface area (Å²) in [7, 11) is 0. The lowest BCUT2D eigenvalue weighted by Gasteiger charge is -2.19. The molecule has 2 aromatic rings. The topological polar surface area (TPSA) is 70.5 Å². The normalized spacial score (nSPS) is 21.7. The largest absolute Gasteiger partial charge is 0.481 e. The fourth-order valence-corrected chi connectivity index (χ4v) is 4.18. The number of aromatic nitrogens is 1. The highest BCUT2D eigenvalue weighted by Gasteiger charge is 2.41. The van der Waals surface area contributed by atoms with Crippen LogP contribution in [-0.4, -0.2) is 40.0 Å². The molecule has 2 heterocycles. The summed E-state index contributed by atoms with van der Waals surface area (Å²) in [6, 6.07) is 7.87. The molecular formula is C21H21FN2O3. The van der Waals surface area contributed by atoms with Gasteiger partial charge in [0.25, 0.3) is 5.91 Å². The number of carbonyl (C=O) groups excluding carboxylic acids is 1. The monoisotopic (exact) mass is 368 g/mol. The van der Waals surface area contributed by atoms with E-state index in [1.165, 1.54) is 12.1 Å². The molecule has 1 amide bonds. The van der Waals surface area contributed by atoms with E-state index in [1.54, 1.807) is 23.2 Å². The Kier molecular flexibility index (Phi) is 4.64. The number of pyridine rings is 1. The molecule has 2 atom stereocenters. The first kappa shape index (κ1) is 17.6. The second kappa shape index (κ2) is 7.10. The fraction of sp³-hybridized carbons (Fsp3) is 0.381. The van der Waals surface area contributed by atoms with Crippen LogP contribution in [0.3, 0.4) is 0 Å². The van der Waals surface area contributed by atoms with E-state index in [1.807, 2.05) is 6.07 Å². The summed E-state index contributed by atoms with van der Waals surface area (Å²) in [6.45, 7) is 0.378. The Hall–Kier alpha value is -2.76. The number of hydrogen-bond acceptors (Lipinski definition) is 3. The van der Waals surface area contributed by atoms with Gasteiger partial charge in [-0.25, -0.2) is 4.39 Å². The van der Waals surface area contributed by atoms with Crippen molar-refractivity contribution in [1.29, 1.82) is 0 Å². The maximum absolute atomic E-state index is 13.6. The van der Waals surface area contributed by atoms with Gasteiger partial charge in [-0.15, -0.1) is 0 Å². The van der Waals surface area contributed by atoms with Crippen molar-refractivity contribution < 1.29 is 19.1 Å². The van der Waals surface area contributed by atoms with Crippen LogP contribution in [-0.2, 0) is 17.6 Å². The lowest BCUT2D eigenvalue weighted by atomic mass is 9.89. The van der Waals surface area contributed by atoms with Crippen LogP contribution in [0.4, 0.5) is 4.39 Å². The number of rotatable bonds is 3. The van der Waals surface area contributed by atoms with E-state index in [-0.39, 0.29) is 19.0 Å². The lowest BCUT2D eigenvalue weighted by molar-refractivity contribution is -0.141. The highest BCUT2D eigenvalue weighted by atomic mass is 19.1. The summed E-state index contributed by atoms with van der Waals surface area (Å²) in [6.07, 6.45) is 5.68. The molecule has 1 aliphatic heterocycles. The van der Waals surface area contributed by atoms with Crippen molar-refractivity contribution in [2.75, 3.05) is 13.1 Å². The van der Waals surface area contributed by atoms with Gasteiger partial charge >= 0.3 is 5.97 Å². The molecule has 5 nitrogen and oxygen atoms in total. The van der Waals surface area contributed by atoms with Crippen LogP contribution in [0.5, 0.6) is 0 Å². The van der Waals surface area contributed by atoms with Crippen LogP contribution in [0.25, 0.3) is 0 Å². The van der Waals surface area contributed by atoms with Crippen LogP contribution in [0, 0.1) is 11.7 Å². The molecule has 1 saturated heterocycles. The molecule has 27 heavy (non-hydrogen) atoms.